The molecule has 0 aliphatic rings. The zero-order chi connectivity index (χ0) is 17.0. The van der Waals surface area contributed by atoms with Gasteiger partial charge in [-0.2, -0.15) is 0 Å². The minimum absolute atomic E-state index is 0.0647. The number of halogens is 2. The van der Waals surface area contributed by atoms with Crippen LogP contribution in [0, 0.1) is 22.9 Å². The predicted molar refractivity (Wildman–Crippen MR) is 86.9 cm³/mol. The molecule has 118 valence electrons. The highest BCUT2D eigenvalue weighted by Crippen LogP contribution is 2.25. The Hall–Kier alpha value is -2.73. The van der Waals surface area contributed by atoms with Gasteiger partial charge in [-0.15, -0.1) is 0 Å². The molecule has 0 bridgehead atoms. The monoisotopic (exact) mass is 334 g/mol. The number of benzene rings is 2. The van der Waals surface area contributed by atoms with Crippen LogP contribution in [0.25, 0.3) is 6.08 Å². The maximum Gasteiger partial charge on any atom is 0.293 e. The van der Waals surface area contributed by atoms with Crippen molar-refractivity contribution in [2.75, 3.05) is 5.32 Å². The Balaban J connectivity index is 2.20. The lowest BCUT2D eigenvalue weighted by Gasteiger charge is -2.04. The second-order valence-electron chi connectivity index (χ2n) is 4.74. The number of nitro groups is 1. The summed E-state index contributed by atoms with van der Waals surface area (Å²) in [5, 5.41) is 13.6. The topological polar surface area (TPSA) is 72.2 Å². The third-order valence-corrected chi connectivity index (χ3v) is 3.34. The molecule has 0 fully saturated rings. The van der Waals surface area contributed by atoms with E-state index in [1.807, 2.05) is 0 Å². The largest absolute Gasteiger partial charge is 0.317 e. The van der Waals surface area contributed by atoms with Gasteiger partial charge in [0.05, 0.1) is 9.95 Å². The molecule has 2 rings (SSSR count). The quantitative estimate of drug-likeness (QED) is 0.513. The predicted octanol–water partition coefficient (Wildman–Crippen LogP) is 4.35. The summed E-state index contributed by atoms with van der Waals surface area (Å²) in [7, 11) is 0. The van der Waals surface area contributed by atoms with E-state index in [0.29, 0.717) is 5.56 Å². The van der Waals surface area contributed by atoms with Gasteiger partial charge >= 0.3 is 0 Å². The van der Waals surface area contributed by atoms with Crippen molar-refractivity contribution in [3.05, 3.63) is 74.6 Å². The number of aryl methyl sites for hydroxylation is 1. The fourth-order valence-electron chi connectivity index (χ4n) is 1.90. The Bertz CT molecular complexity index is 786. The molecule has 0 saturated carbocycles. The Morgan fingerprint density at radius 3 is 2.74 bits per heavy atom. The SMILES string of the molecule is Cc1ccc(NC(=O)/C=C/c2c(F)cccc2Cl)c([N+](=O)[O-])c1. The van der Waals surface area contributed by atoms with E-state index in [2.05, 4.69) is 5.32 Å². The molecule has 0 aliphatic carbocycles. The van der Waals surface area contributed by atoms with Gasteiger partial charge in [0, 0.05) is 17.7 Å². The second-order valence-corrected chi connectivity index (χ2v) is 5.14. The smallest absolute Gasteiger partial charge is 0.293 e. The molecule has 1 amide bonds. The molecule has 0 radical (unpaired) electrons. The lowest BCUT2D eigenvalue weighted by molar-refractivity contribution is -0.384. The first-order valence-electron chi connectivity index (χ1n) is 6.56. The molecule has 0 aromatic heterocycles. The number of nitro benzene ring substituents is 1. The van der Waals surface area contributed by atoms with Crippen LogP contribution in [-0.4, -0.2) is 10.8 Å². The number of nitrogens with zero attached hydrogens (tertiary/aromatic N) is 1. The molecule has 2 aromatic rings. The number of amides is 1. The fraction of sp³-hybridized carbons (Fsp3) is 0.0625. The molecule has 2 aromatic carbocycles. The van der Waals surface area contributed by atoms with E-state index in [0.717, 1.165) is 6.08 Å². The van der Waals surface area contributed by atoms with Crippen LogP contribution in [0.3, 0.4) is 0 Å². The zero-order valence-electron chi connectivity index (χ0n) is 12.0. The summed E-state index contributed by atoms with van der Waals surface area (Å²) in [6, 6.07) is 8.59. The van der Waals surface area contributed by atoms with Crippen molar-refractivity contribution in [3.8, 4) is 0 Å². The fourth-order valence-corrected chi connectivity index (χ4v) is 2.13. The second kappa shape index (κ2) is 7.02. The first-order chi connectivity index (χ1) is 10.9. The highest BCUT2D eigenvalue weighted by Gasteiger charge is 2.15. The molecular formula is C16H12ClFN2O3. The summed E-state index contributed by atoms with van der Waals surface area (Å²) < 4.78 is 13.6. The molecule has 5 nitrogen and oxygen atoms in total. The van der Waals surface area contributed by atoms with Gasteiger partial charge in [-0.1, -0.05) is 23.7 Å². The number of carbonyl (C=O) groups excluding carboxylic acids is 1. The molecule has 0 aliphatic heterocycles. The van der Waals surface area contributed by atoms with Crippen molar-refractivity contribution in [1.82, 2.24) is 0 Å². The van der Waals surface area contributed by atoms with Crippen molar-refractivity contribution in [2.45, 2.75) is 6.92 Å². The van der Waals surface area contributed by atoms with Gasteiger partial charge in [0.15, 0.2) is 0 Å². The van der Waals surface area contributed by atoms with Crippen LogP contribution >= 0.6 is 11.6 Å². The van der Waals surface area contributed by atoms with Crippen LogP contribution in [0.15, 0.2) is 42.5 Å². The molecule has 0 spiro atoms. The summed E-state index contributed by atoms with van der Waals surface area (Å²) in [6.07, 6.45) is 2.28. The van der Waals surface area contributed by atoms with E-state index in [4.69, 9.17) is 11.6 Å². The Kier molecular flexibility index (Phi) is 5.08. The van der Waals surface area contributed by atoms with Crippen molar-refractivity contribution in [1.29, 1.82) is 0 Å². The average molecular weight is 335 g/mol. The maximum absolute atomic E-state index is 13.6. The number of hydrogen-bond acceptors (Lipinski definition) is 3. The van der Waals surface area contributed by atoms with Crippen molar-refractivity contribution < 1.29 is 14.1 Å². The normalized spacial score (nSPS) is 10.7. The Morgan fingerprint density at radius 2 is 2.09 bits per heavy atom. The van der Waals surface area contributed by atoms with Crippen molar-refractivity contribution in [2.24, 2.45) is 0 Å². The van der Waals surface area contributed by atoms with E-state index >= 15 is 0 Å². The summed E-state index contributed by atoms with van der Waals surface area (Å²) in [5.74, 6) is -1.20. The summed E-state index contributed by atoms with van der Waals surface area (Å²) >= 11 is 5.85. The van der Waals surface area contributed by atoms with Crippen molar-refractivity contribution in [3.63, 3.8) is 0 Å². The van der Waals surface area contributed by atoms with Crippen LogP contribution in [0.4, 0.5) is 15.8 Å². The summed E-state index contributed by atoms with van der Waals surface area (Å²) in [4.78, 5) is 22.3. The Labute approximate surface area is 136 Å². The third-order valence-electron chi connectivity index (χ3n) is 3.01. The molecule has 1 N–H and O–H groups in total. The maximum atomic E-state index is 13.6. The van der Waals surface area contributed by atoms with E-state index < -0.39 is 16.6 Å². The summed E-state index contributed by atoms with van der Waals surface area (Å²) in [6.45, 7) is 1.71. The van der Waals surface area contributed by atoms with Gasteiger partial charge in [-0.3, -0.25) is 14.9 Å². The van der Waals surface area contributed by atoms with Crippen LogP contribution in [0.5, 0.6) is 0 Å². The highest BCUT2D eigenvalue weighted by atomic mass is 35.5. The zero-order valence-corrected chi connectivity index (χ0v) is 12.8. The molecule has 23 heavy (non-hydrogen) atoms. The van der Waals surface area contributed by atoms with Gasteiger partial charge in [0.25, 0.3) is 5.69 Å². The van der Waals surface area contributed by atoms with Gasteiger partial charge in [0.1, 0.15) is 11.5 Å². The standard InChI is InChI=1S/C16H12ClFN2O3/c1-10-5-7-14(15(9-10)20(22)23)19-16(21)8-6-11-12(17)3-2-4-13(11)18/h2-9H,1H3,(H,19,21)/b8-6+. The molecule has 0 atom stereocenters. The molecule has 0 saturated heterocycles. The van der Waals surface area contributed by atoms with E-state index in [-0.39, 0.29) is 22.0 Å². The number of rotatable bonds is 4. The van der Waals surface area contributed by atoms with Crippen LogP contribution < -0.4 is 5.32 Å². The molecule has 0 unspecified atom stereocenters. The first kappa shape index (κ1) is 16.6. The van der Waals surface area contributed by atoms with Gasteiger partial charge in [0.2, 0.25) is 5.91 Å². The molecular weight excluding hydrogens is 323 g/mol. The van der Waals surface area contributed by atoms with Gasteiger partial charge in [-0.25, -0.2) is 4.39 Å². The minimum Gasteiger partial charge on any atom is -0.317 e. The number of carbonyl (C=O) groups is 1. The first-order valence-corrected chi connectivity index (χ1v) is 6.94. The molecule has 7 heteroatoms. The summed E-state index contributed by atoms with van der Waals surface area (Å²) in [5.41, 5.74) is 0.622. The third kappa shape index (κ3) is 4.14. The number of anilines is 1. The highest BCUT2D eigenvalue weighted by molar-refractivity contribution is 6.32. The number of nitrogens with one attached hydrogen (secondary N) is 1. The average Bonchev–Trinajstić information content (AvgIpc) is 2.48. The van der Waals surface area contributed by atoms with Gasteiger partial charge < -0.3 is 5.32 Å². The van der Waals surface area contributed by atoms with E-state index in [1.54, 1.807) is 13.0 Å². The lowest BCUT2D eigenvalue weighted by Crippen LogP contribution is -2.09. The minimum atomic E-state index is -0.628. The van der Waals surface area contributed by atoms with Gasteiger partial charge in [-0.05, 0) is 36.8 Å². The lowest BCUT2D eigenvalue weighted by atomic mass is 10.2. The van der Waals surface area contributed by atoms with E-state index in [9.17, 15) is 19.3 Å². The van der Waals surface area contributed by atoms with Crippen LogP contribution in [0.2, 0.25) is 5.02 Å². The van der Waals surface area contributed by atoms with Crippen LogP contribution in [0.1, 0.15) is 11.1 Å². The molecule has 0 heterocycles. The Morgan fingerprint density at radius 1 is 1.35 bits per heavy atom. The van der Waals surface area contributed by atoms with E-state index in [1.165, 1.54) is 36.4 Å². The van der Waals surface area contributed by atoms with Crippen LogP contribution in [-0.2, 0) is 4.79 Å². The number of hydrogen-bond donors (Lipinski definition) is 1. The van der Waals surface area contributed by atoms with Crippen molar-refractivity contribution >= 4 is 35.0 Å².